The summed E-state index contributed by atoms with van der Waals surface area (Å²) >= 11 is -2.44. The summed E-state index contributed by atoms with van der Waals surface area (Å²) in [7, 11) is 0. The van der Waals surface area contributed by atoms with Crippen molar-refractivity contribution in [2.75, 3.05) is 0 Å². The summed E-state index contributed by atoms with van der Waals surface area (Å²) in [6.07, 6.45) is 7.56. The normalized spacial score (nSPS) is 25.2. The predicted molar refractivity (Wildman–Crippen MR) is 95.3 cm³/mol. The molecule has 24 heavy (non-hydrogen) atoms. The fourth-order valence-electron chi connectivity index (χ4n) is 5.42. The smallest absolute Gasteiger partial charge is 1.00 e. The van der Waals surface area contributed by atoms with Crippen LogP contribution in [0.4, 0.5) is 0 Å². The third-order valence-electron chi connectivity index (χ3n) is 6.23. The molecule has 0 bridgehead atoms. The van der Waals surface area contributed by atoms with Crippen LogP contribution < -0.4 is 12.4 Å². The fourth-order valence-corrected chi connectivity index (χ4v) is 17.3. The summed E-state index contributed by atoms with van der Waals surface area (Å²) in [5, 5.41) is 0. The van der Waals surface area contributed by atoms with E-state index in [0.29, 0.717) is 0 Å². The largest absolute Gasteiger partial charge is 1.00 e. The van der Waals surface area contributed by atoms with Crippen molar-refractivity contribution in [3.8, 4) is 0 Å². The molecule has 0 saturated carbocycles. The fraction of sp³-hybridized carbons (Fsp3) is 0.273. The number of allylic oxidation sites excluding steroid dienone is 2. The number of hydrogen-bond donors (Lipinski definition) is 0. The molecule has 2 heteroatoms. The molecule has 2 aromatic rings. The van der Waals surface area contributed by atoms with E-state index in [1.807, 2.05) is 0 Å². The summed E-state index contributed by atoms with van der Waals surface area (Å²) in [5.74, 6) is 0. The van der Waals surface area contributed by atoms with Crippen LogP contribution in [0.2, 0.25) is 9.26 Å². The molecule has 3 aliphatic rings. The van der Waals surface area contributed by atoms with Gasteiger partial charge in [-0.15, -0.1) is 0 Å². The zero-order chi connectivity index (χ0) is 15.6. The van der Waals surface area contributed by atoms with Gasteiger partial charge < -0.3 is 12.4 Å². The van der Waals surface area contributed by atoms with Crippen molar-refractivity contribution in [2.24, 2.45) is 0 Å². The molecule has 2 atom stereocenters. The van der Waals surface area contributed by atoms with Crippen LogP contribution in [0.3, 0.4) is 0 Å². The van der Waals surface area contributed by atoms with Crippen LogP contribution in [0, 0.1) is 0 Å². The van der Waals surface area contributed by atoms with Crippen molar-refractivity contribution >= 4 is 12.2 Å². The Labute approximate surface area is 155 Å². The number of halogens is 1. The van der Waals surface area contributed by atoms with Crippen molar-refractivity contribution < 1.29 is 32.7 Å². The molecule has 5 rings (SSSR count). The number of fused-ring (bicyclic) bond motifs is 6. The van der Waals surface area contributed by atoms with Gasteiger partial charge >= 0.3 is 144 Å². The van der Waals surface area contributed by atoms with Crippen LogP contribution in [-0.4, -0.2) is 0 Å². The third-order valence-corrected chi connectivity index (χ3v) is 16.9. The standard InChI is InChI=1S/C20H16.2CH3.ClH.Zr/c1-2-6-18-12-15(11-17(18)5-1)9-10-16-13-19-7-3-4-8-20(19)14-16;;;;/h1-8,11-14H,9-10H2;2*1H3;1H;/q;;;;+1/p-1. The summed E-state index contributed by atoms with van der Waals surface area (Å²) in [6, 6.07) is 18.3. The quantitative estimate of drug-likeness (QED) is 0.622. The van der Waals surface area contributed by atoms with Gasteiger partial charge in [-0.05, 0) is 0 Å². The van der Waals surface area contributed by atoms with Gasteiger partial charge in [0.2, 0.25) is 0 Å². The van der Waals surface area contributed by atoms with Gasteiger partial charge in [0.15, 0.2) is 0 Å². The molecule has 1 aliphatic heterocycles. The van der Waals surface area contributed by atoms with Crippen molar-refractivity contribution in [3.63, 3.8) is 0 Å². The second kappa shape index (κ2) is 5.82. The Morgan fingerprint density at radius 2 is 1.12 bits per heavy atom. The van der Waals surface area contributed by atoms with Crippen LogP contribution in [0.1, 0.15) is 42.3 Å². The average molecular weight is 413 g/mol. The maximum atomic E-state index is 2.70. The van der Waals surface area contributed by atoms with Crippen LogP contribution >= 0.6 is 0 Å². The molecule has 0 nitrogen and oxygen atoms in total. The van der Waals surface area contributed by atoms with E-state index in [1.165, 1.54) is 24.0 Å². The van der Waals surface area contributed by atoms with Crippen molar-refractivity contribution in [1.29, 1.82) is 0 Å². The van der Waals surface area contributed by atoms with Crippen molar-refractivity contribution in [1.82, 2.24) is 0 Å². The predicted octanol–water partition coefficient (Wildman–Crippen LogP) is 3.31. The van der Waals surface area contributed by atoms with Crippen molar-refractivity contribution in [2.45, 2.75) is 29.4 Å². The monoisotopic (exact) mass is 411 g/mol. The molecule has 0 spiro atoms. The molecule has 0 radical (unpaired) electrons. The molecule has 121 valence electrons. The van der Waals surface area contributed by atoms with E-state index in [0.717, 1.165) is 7.25 Å². The minimum absolute atomic E-state index is 0. The maximum Gasteiger partial charge on any atom is -1.00 e. The minimum atomic E-state index is -2.44. The van der Waals surface area contributed by atoms with Gasteiger partial charge in [0.25, 0.3) is 0 Å². The van der Waals surface area contributed by atoms with Crippen LogP contribution in [0.15, 0.2) is 59.7 Å². The van der Waals surface area contributed by atoms with E-state index >= 15 is 0 Å². The first-order chi connectivity index (χ1) is 11.2. The second-order valence-corrected chi connectivity index (χ2v) is 19.7. The summed E-state index contributed by atoms with van der Waals surface area (Å²) in [5.41, 5.74) is 9.73. The first kappa shape index (κ1) is 16.6. The molecular weight excluding hydrogens is 391 g/mol. The molecule has 1 heterocycles. The van der Waals surface area contributed by atoms with Gasteiger partial charge in [0.1, 0.15) is 0 Å². The minimum Gasteiger partial charge on any atom is -1.00 e. The van der Waals surface area contributed by atoms with E-state index in [-0.39, 0.29) is 12.4 Å². The molecular formula is C22H22ClZr. The molecule has 2 unspecified atom stereocenters. The number of hydrogen-bond acceptors (Lipinski definition) is 0. The van der Waals surface area contributed by atoms with Crippen LogP contribution in [0.25, 0.3) is 12.2 Å². The van der Waals surface area contributed by atoms with E-state index in [9.17, 15) is 0 Å². The molecule has 0 aromatic heterocycles. The first-order valence-corrected chi connectivity index (χ1v) is 16.5. The second-order valence-electron chi connectivity index (χ2n) is 7.88. The molecule has 2 aliphatic carbocycles. The SMILES string of the molecule is [CH3][Zr+]1([CH3])[CH]2C(=Cc3ccccc32)CCC2=Cc3ccccc3[CH]21.[Cl-]. The van der Waals surface area contributed by atoms with Crippen LogP contribution in [0.5, 0.6) is 0 Å². The van der Waals surface area contributed by atoms with Gasteiger partial charge in [-0.25, -0.2) is 0 Å². The number of rotatable bonds is 0. The van der Waals surface area contributed by atoms with E-state index in [1.54, 1.807) is 22.3 Å². The van der Waals surface area contributed by atoms with E-state index < -0.39 is 20.3 Å². The molecule has 0 amide bonds. The van der Waals surface area contributed by atoms with E-state index in [4.69, 9.17) is 0 Å². The Hall–Kier alpha value is -0.907. The topological polar surface area (TPSA) is 0 Å². The Kier molecular flexibility index (Phi) is 4.02. The third kappa shape index (κ3) is 2.21. The van der Waals surface area contributed by atoms with Gasteiger partial charge in [0, 0.05) is 0 Å². The Morgan fingerprint density at radius 1 is 0.708 bits per heavy atom. The molecule has 2 aromatic carbocycles. The Balaban J connectivity index is 0.00000146. The molecule has 1 fully saturated rings. The molecule has 1 saturated heterocycles. The van der Waals surface area contributed by atoms with Gasteiger partial charge in [-0.3, -0.25) is 0 Å². The average Bonchev–Trinajstić information content (AvgIpc) is 3.08. The first-order valence-electron chi connectivity index (χ1n) is 8.75. The molecule has 0 N–H and O–H groups in total. The van der Waals surface area contributed by atoms with Crippen molar-refractivity contribution in [3.05, 3.63) is 81.9 Å². The van der Waals surface area contributed by atoms with Crippen LogP contribution in [-0.2, 0) is 20.3 Å². The summed E-state index contributed by atoms with van der Waals surface area (Å²) in [6.45, 7) is 0. The van der Waals surface area contributed by atoms with Gasteiger partial charge in [-0.1, -0.05) is 0 Å². The van der Waals surface area contributed by atoms with Gasteiger partial charge in [0.05, 0.1) is 0 Å². The maximum absolute atomic E-state index is 2.70. The van der Waals surface area contributed by atoms with Gasteiger partial charge in [-0.2, -0.15) is 0 Å². The summed E-state index contributed by atoms with van der Waals surface area (Å²) in [4.78, 5) is 0. The zero-order valence-corrected chi connectivity index (χ0v) is 17.4. The van der Waals surface area contributed by atoms with E-state index in [2.05, 4.69) is 69.9 Å². The Bertz CT molecular complexity index is 804. The number of benzene rings is 2. The zero-order valence-electron chi connectivity index (χ0n) is 14.2. The summed E-state index contributed by atoms with van der Waals surface area (Å²) < 4.78 is 6.92. The Morgan fingerprint density at radius 3 is 1.58 bits per heavy atom.